The summed E-state index contributed by atoms with van der Waals surface area (Å²) in [5, 5.41) is 0.653. The third-order valence-electron chi connectivity index (χ3n) is 3.84. The molecule has 1 aromatic rings. The monoisotopic (exact) mass is 310 g/mol. The van der Waals surface area contributed by atoms with Gasteiger partial charge in [-0.3, -0.25) is 9.36 Å². The van der Waals surface area contributed by atoms with Crippen LogP contribution in [0.15, 0.2) is 24.3 Å². The van der Waals surface area contributed by atoms with Crippen molar-refractivity contribution in [2.45, 2.75) is 52.9 Å². The lowest BCUT2D eigenvalue weighted by Gasteiger charge is -2.23. The van der Waals surface area contributed by atoms with Gasteiger partial charge in [0.25, 0.3) is 0 Å². The van der Waals surface area contributed by atoms with E-state index in [1.165, 1.54) is 26.4 Å². The second-order valence-corrected chi connectivity index (χ2v) is 7.65. The number of carbonyl (C=O) groups excluding carboxylic acids is 1. The highest BCUT2D eigenvalue weighted by molar-refractivity contribution is 7.48. The minimum absolute atomic E-state index is 0.155. The van der Waals surface area contributed by atoms with Crippen molar-refractivity contribution in [3.05, 3.63) is 29.8 Å². The maximum Gasteiger partial charge on any atom is 0.220 e. The Morgan fingerprint density at radius 1 is 1.14 bits per heavy atom. The van der Waals surface area contributed by atoms with Gasteiger partial charge in [0, 0.05) is 23.4 Å². The van der Waals surface area contributed by atoms with Crippen LogP contribution in [0, 0.1) is 5.41 Å². The van der Waals surface area contributed by atoms with Crippen LogP contribution < -0.4 is 5.30 Å². The molecule has 0 heterocycles. The molecule has 0 fully saturated rings. The Kier molecular flexibility index (Phi) is 7.34. The summed E-state index contributed by atoms with van der Waals surface area (Å²) in [5.41, 5.74) is 0.340. The summed E-state index contributed by atoms with van der Waals surface area (Å²) in [5.74, 6) is 0.155. The minimum atomic E-state index is -2.16. The maximum atomic E-state index is 12.6. The molecular weight excluding hydrogens is 283 g/mol. The van der Waals surface area contributed by atoms with Crippen LogP contribution in [-0.2, 0) is 9.09 Å². The highest BCUT2D eigenvalue weighted by atomic mass is 31.1. The molecule has 0 aliphatic heterocycles. The lowest BCUT2D eigenvalue weighted by atomic mass is 9.80. The maximum absolute atomic E-state index is 12.6. The van der Waals surface area contributed by atoms with Gasteiger partial charge in [0.15, 0.2) is 5.78 Å². The van der Waals surface area contributed by atoms with Gasteiger partial charge in [0.1, 0.15) is 0 Å². The van der Waals surface area contributed by atoms with Crippen LogP contribution in [-0.4, -0.2) is 12.9 Å². The molecule has 0 spiro atoms. The van der Waals surface area contributed by atoms with Gasteiger partial charge in [-0.15, -0.1) is 0 Å². The smallest absolute Gasteiger partial charge is 0.220 e. The fourth-order valence-corrected chi connectivity index (χ4v) is 3.05. The largest absolute Gasteiger partial charge is 0.331 e. The zero-order valence-electron chi connectivity index (χ0n) is 13.6. The van der Waals surface area contributed by atoms with Gasteiger partial charge in [-0.2, -0.15) is 0 Å². The summed E-state index contributed by atoms with van der Waals surface area (Å²) in [4.78, 5) is 12.6. The number of hydrogen-bond donors (Lipinski definition) is 0. The van der Waals surface area contributed by atoms with Crippen molar-refractivity contribution < 1.29 is 13.9 Å². The predicted octanol–water partition coefficient (Wildman–Crippen LogP) is 4.61. The summed E-state index contributed by atoms with van der Waals surface area (Å²) < 4.78 is 16.4. The van der Waals surface area contributed by atoms with Crippen molar-refractivity contribution in [1.29, 1.82) is 0 Å². The van der Waals surface area contributed by atoms with E-state index in [1.54, 1.807) is 24.3 Å². The minimum Gasteiger partial charge on any atom is -0.331 e. The molecule has 0 N–H and O–H groups in total. The molecule has 0 saturated carbocycles. The van der Waals surface area contributed by atoms with E-state index in [4.69, 9.17) is 4.52 Å². The second-order valence-electron chi connectivity index (χ2n) is 6.09. The van der Waals surface area contributed by atoms with E-state index < -0.39 is 8.03 Å². The van der Waals surface area contributed by atoms with Gasteiger partial charge >= 0.3 is 0 Å². The van der Waals surface area contributed by atoms with Crippen molar-refractivity contribution >= 4 is 19.1 Å². The van der Waals surface area contributed by atoms with Crippen molar-refractivity contribution in [3.8, 4) is 0 Å². The van der Waals surface area contributed by atoms with Crippen LogP contribution in [0.1, 0.15) is 63.2 Å². The zero-order chi connectivity index (χ0) is 15.9. The van der Waals surface area contributed by atoms with Gasteiger partial charge in [-0.25, -0.2) is 0 Å². The summed E-state index contributed by atoms with van der Waals surface area (Å²) in [6, 6.07) is 6.97. The Labute approximate surface area is 129 Å². The highest BCUT2D eigenvalue weighted by Crippen LogP contribution is 2.29. The van der Waals surface area contributed by atoms with Gasteiger partial charge < -0.3 is 4.52 Å². The van der Waals surface area contributed by atoms with E-state index in [9.17, 15) is 9.36 Å². The molecule has 0 aromatic heterocycles. The molecule has 1 atom stereocenters. The molecule has 4 heteroatoms. The van der Waals surface area contributed by atoms with Crippen LogP contribution in [0.5, 0.6) is 0 Å². The number of Topliss-reactive ketones (excluding diaryl/α,β-unsaturated/α-hetero) is 1. The van der Waals surface area contributed by atoms with Crippen LogP contribution in [0.4, 0.5) is 0 Å². The molecular formula is C17H27O3P. The highest BCUT2D eigenvalue weighted by Gasteiger charge is 2.27. The Bertz CT molecular complexity index is 477. The van der Waals surface area contributed by atoms with Gasteiger partial charge in [0.2, 0.25) is 8.03 Å². The molecule has 1 aromatic carbocycles. The Balaban J connectivity index is 2.70. The topological polar surface area (TPSA) is 43.4 Å². The summed E-state index contributed by atoms with van der Waals surface area (Å²) in [7, 11) is -0.734. The van der Waals surface area contributed by atoms with E-state index in [0.717, 1.165) is 12.8 Å². The average Bonchev–Trinajstić information content (AvgIpc) is 2.50. The van der Waals surface area contributed by atoms with Crippen molar-refractivity contribution in [2.75, 3.05) is 7.11 Å². The first-order chi connectivity index (χ1) is 9.92. The lowest BCUT2D eigenvalue weighted by molar-refractivity contribution is 0.0822. The van der Waals surface area contributed by atoms with E-state index in [0.29, 0.717) is 10.9 Å². The van der Waals surface area contributed by atoms with E-state index in [2.05, 4.69) is 6.92 Å². The SMILES string of the molecule is CCCCCCC(C)(C)C(=O)c1ccc([PH](=O)OC)cc1. The fraction of sp³-hybridized carbons (Fsp3) is 0.588. The van der Waals surface area contributed by atoms with Crippen LogP contribution in [0.3, 0.4) is 0 Å². The molecule has 0 saturated heterocycles. The van der Waals surface area contributed by atoms with Gasteiger partial charge in [-0.05, 0) is 18.6 Å². The fourth-order valence-electron chi connectivity index (χ4n) is 2.37. The zero-order valence-corrected chi connectivity index (χ0v) is 14.6. The van der Waals surface area contributed by atoms with Gasteiger partial charge in [-0.1, -0.05) is 58.6 Å². The van der Waals surface area contributed by atoms with Crippen molar-refractivity contribution in [1.82, 2.24) is 0 Å². The van der Waals surface area contributed by atoms with Crippen molar-refractivity contribution in [2.24, 2.45) is 5.41 Å². The number of carbonyl (C=O) groups is 1. The van der Waals surface area contributed by atoms with E-state index in [1.807, 2.05) is 13.8 Å². The number of benzene rings is 1. The van der Waals surface area contributed by atoms with Gasteiger partial charge in [0.05, 0.1) is 0 Å². The third kappa shape index (κ3) is 5.41. The predicted molar refractivity (Wildman–Crippen MR) is 89.0 cm³/mol. The van der Waals surface area contributed by atoms with Crippen LogP contribution >= 0.6 is 8.03 Å². The number of ketones is 1. The average molecular weight is 310 g/mol. The Morgan fingerprint density at radius 3 is 2.29 bits per heavy atom. The molecule has 0 bridgehead atoms. The second kappa shape index (κ2) is 8.51. The molecule has 3 nitrogen and oxygen atoms in total. The molecule has 0 aliphatic carbocycles. The first-order valence-corrected chi connectivity index (χ1v) is 8.97. The summed E-state index contributed by atoms with van der Waals surface area (Å²) in [6.45, 7) is 6.20. The first kappa shape index (κ1) is 18.1. The molecule has 0 radical (unpaired) electrons. The molecule has 0 amide bonds. The molecule has 0 aliphatic rings. The Morgan fingerprint density at radius 2 is 1.76 bits per heavy atom. The third-order valence-corrected chi connectivity index (χ3v) is 5.01. The molecule has 21 heavy (non-hydrogen) atoms. The molecule has 1 unspecified atom stereocenters. The van der Waals surface area contributed by atoms with E-state index in [-0.39, 0.29) is 11.2 Å². The van der Waals surface area contributed by atoms with Crippen molar-refractivity contribution in [3.63, 3.8) is 0 Å². The lowest BCUT2D eigenvalue weighted by Crippen LogP contribution is -2.24. The number of hydrogen-bond acceptors (Lipinski definition) is 3. The summed E-state index contributed by atoms with van der Waals surface area (Å²) in [6.07, 6.45) is 5.60. The normalized spacial score (nSPS) is 13.1. The quantitative estimate of drug-likeness (QED) is 0.380. The summed E-state index contributed by atoms with van der Waals surface area (Å²) >= 11 is 0. The Hall–Kier alpha value is -0.920. The number of rotatable bonds is 9. The van der Waals surface area contributed by atoms with Crippen LogP contribution in [0.25, 0.3) is 0 Å². The number of unbranched alkanes of at least 4 members (excludes halogenated alkanes) is 3. The standard InChI is InChI=1S/C17H27O3P/c1-5-6-7-8-13-17(2,3)16(18)14-9-11-15(12-10-14)21(19)20-4/h9-12,21H,5-8,13H2,1-4H3. The first-order valence-electron chi connectivity index (χ1n) is 7.65. The van der Waals surface area contributed by atoms with Crippen LogP contribution in [0.2, 0.25) is 0 Å². The molecule has 118 valence electrons. The molecule has 1 rings (SSSR count). The van der Waals surface area contributed by atoms with E-state index >= 15 is 0 Å².